The molecule has 7 heteroatoms. The lowest BCUT2D eigenvalue weighted by Gasteiger charge is -2.15. The van der Waals surface area contributed by atoms with Crippen molar-refractivity contribution in [3.05, 3.63) is 24.3 Å². The summed E-state index contributed by atoms with van der Waals surface area (Å²) in [6.07, 6.45) is 1.78. The molecule has 1 fully saturated rings. The van der Waals surface area contributed by atoms with E-state index in [0.717, 1.165) is 12.8 Å². The number of ether oxygens (including phenoxy) is 1. The first kappa shape index (κ1) is 13.8. The number of carbonyl (C=O) groups is 1. The first-order chi connectivity index (χ1) is 9.00. The van der Waals surface area contributed by atoms with Crippen LogP contribution in [-0.2, 0) is 14.8 Å². The zero-order chi connectivity index (χ0) is 13.9. The largest absolute Gasteiger partial charge is 0.482 e. The molecule has 1 saturated heterocycles. The maximum atomic E-state index is 12.2. The maximum Gasteiger partial charge on any atom is 0.341 e. The quantitative estimate of drug-likeness (QED) is 0.870. The fourth-order valence-corrected chi connectivity index (χ4v) is 3.45. The van der Waals surface area contributed by atoms with E-state index < -0.39 is 22.6 Å². The summed E-state index contributed by atoms with van der Waals surface area (Å²) >= 11 is 0. The van der Waals surface area contributed by atoms with Crippen molar-refractivity contribution in [2.24, 2.45) is 0 Å². The number of carboxylic acids is 1. The molecule has 0 atom stereocenters. The molecule has 1 aromatic carbocycles. The summed E-state index contributed by atoms with van der Waals surface area (Å²) in [6.45, 7) is 0.664. The van der Waals surface area contributed by atoms with Crippen molar-refractivity contribution in [3.8, 4) is 5.75 Å². The monoisotopic (exact) mass is 285 g/mol. The van der Waals surface area contributed by atoms with E-state index >= 15 is 0 Å². The smallest absolute Gasteiger partial charge is 0.341 e. The van der Waals surface area contributed by atoms with E-state index in [9.17, 15) is 13.2 Å². The molecule has 1 heterocycles. The highest BCUT2D eigenvalue weighted by atomic mass is 32.2. The molecule has 1 N–H and O–H groups in total. The summed E-state index contributed by atoms with van der Waals surface area (Å²) in [7, 11) is -3.43. The van der Waals surface area contributed by atoms with Gasteiger partial charge in [-0.1, -0.05) is 0 Å². The topological polar surface area (TPSA) is 83.9 Å². The molecular weight excluding hydrogens is 270 g/mol. The van der Waals surface area contributed by atoms with E-state index in [1.165, 1.54) is 28.6 Å². The van der Waals surface area contributed by atoms with Crippen molar-refractivity contribution < 1.29 is 23.1 Å². The Hall–Kier alpha value is -1.60. The number of nitrogens with zero attached hydrogens (tertiary/aromatic N) is 1. The Kier molecular flexibility index (Phi) is 4.06. The Morgan fingerprint density at radius 3 is 2.32 bits per heavy atom. The summed E-state index contributed by atoms with van der Waals surface area (Å²) in [6, 6.07) is 5.80. The lowest BCUT2D eigenvalue weighted by atomic mass is 10.3. The van der Waals surface area contributed by atoms with E-state index in [1.54, 1.807) is 0 Å². The van der Waals surface area contributed by atoms with Crippen LogP contribution in [-0.4, -0.2) is 43.5 Å². The lowest BCUT2D eigenvalue weighted by molar-refractivity contribution is -0.139. The van der Waals surface area contributed by atoms with Gasteiger partial charge in [-0.2, -0.15) is 4.31 Å². The molecule has 0 unspecified atom stereocenters. The first-order valence-electron chi connectivity index (χ1n) is 5.95. The average Bonchev–Trinajstić information content (AvgIpc) is 2.91. The van der Waals surface area contributed by atoms with E-state index in [0.29, 0.717) is 18.8 Å². The molecular formula is C12H15NO5S. The second-order valence-electron chi connectivity index (χ2n) is 4.27. The molecule has 0 radical (unpaired) electrons. The molecule has 6 nitrogen and oxygen atoms in total. The summed E-state index contributed by atoms with van der Waals surface area (Å²) in [5.41, 5.74) is 0. The highest BCUT2D eigenvalue weighted by molar-refractivity contribution is 7.89. The maximum absolute atomic E-state index is 12.2. The number of sulfonamides is 1. The third kappa shape index (κ3) is 3.24. The van der Waals surface area contributed by atoms with Crippen molar-refractivity contribution >= 4 is 16.0 Å². The number of carboxylic acid groups (broad SMARTS) is 1. The van der Waals surface area contributed by atoms with Gasteiger partial charge in [0, 0.05) is 13.1 Å². The highest BCUT2D eigenvalue weighted by Gasteiger charge is 2.26. The van der Waals surface area contributed by atoms with Crippen LogP contribution >= 0.6 is 0 Å². The third-order valence-corrected chi connectivity index (χ3v) is 4.80. The minimum atomic E-state index is -3.43. The fraction of sp³-hybridized carbons (Fsp3) is 0.417. The van der Waals surface area contributed by atoms with Gasteiger partial charge in [0.1, 0.15) is 5.75 Å². The molecule has 104 valence electrons. The second kappa shape index (κ2) is 5.58. The molecule has 0 bridgehead atoms. The van der Waals surface area contributed by atoms with Crippen LogP contribution in [0.2, 0.25) is 0 Å². The van der Waals surface area contributed by atoms with Crippen LogP contribution in [0.4, 0.5) is 0 Å². The van der Waals surface area contributed by atoms with Gasteiger partial charge in [0.15, 0.2) is 6.61 Å². The van der Waals surface area contributed by atoms with Gasteiger partial charge in [-0.05, 0) is 37.1 Å². The summed E-state index contributed by atoms with van der Waals surface area (Å²) in [5.74, 6) is -0.739. The van der Waals surface area contributed by atoms with Gasteiger partial charge in [0.2, 0.25) is 10.0 Å². The Labute approximate surface area is 111 Å². The molecule has 0 aromatic heterocycles. The molecule has 2 rings (SSSR count). The van der Waals surface area contributed by atoms with Crippen LogP contribution in [0.5, 0.6) is 5.75 Å². The van der Waals surface area contributed by atoms with Crippen LogP contribution in [0, 0.1) is 0 Å². The average molecular weight is 285 g/mol. The minimum Gasteiger partial charge on any atom is -0.482 e. The number of rotatable bonds is 5. The van der Waals surface area contributed by atoms with E-state index in [4.69, 9.17) is 9.84 Å². The molecule has 1 aromatic rings. The van der Waals surface area contributed by atoms with E-state index in [-0.39, 0.29) is 4.90 Å². The van der Waals surface area contributed by atoms with Crippen LogP contribution in [0.1, 0.15) is 12.8 Å². The molecule has 0 amide bonds. The summed E-state index contributed by atoms with van der Waals surface area (Å²) in [5, 5.41) is 8.47. The van der Waals surface area contributed by atoms with Gasteiger partial charge in [0.25, 0.3) is 0 Å². The Balaban J connectivity index is 2.11. The van der Waals surface area contributed by atoms with Gasteiger partial charge >= 0.3 is 5.97 Å². The predicted octanol–water partition coefficient (Wildman–Crippen LogP) is 0.934. The first-order valence-corrected chi connectivity index (χ1v) is 7.39. The predicted molar refractivity (Wildman–Crippen MR) is 67.6 cm³/mol. The number of aliphatic carboxylic acids is 1. The zero-order valence-corrected chi connectivity index (χ0v) is 11.1. The molecule has 19 heavy (non-hydrogen) atoms. The standard InChI is InChI=1S/C12H15NO5S/c14-12(15)9-18-10-3-5-11(6-4-10)19(16,17)13-7-1-2-8-13/h3-6H,1-2,7-9H2,(H,14,15). The van der Waals surface area contributed by atoms with Crippen molar-refractivity contribution in [3.63, 3.8) is 0 Å². The van der Waals surface area contributed by atoms with Crippen LogP contribution in [0.25, 0.3) is 0 Å². The van der Waals surface area contributed by atoms with Gasteiger partial charge in [0.05, 0.1) is 4.90 Å². The minimum absolute atomic E-state index is 0.206. The van der Waals surface area contributed by atoms with Crippen molar-refractivity contribution in [1.82, 2.24) is 4.31 Å². The van der Waals surface area contributed by atoms with Crippen LogP contribution < -0.4 is 4.74 Å². The van der Waals surface area contributed by atoms with Crippen molar-refractivity contribution in [1.29, 1.82) is 0 Å². The third-order valence-electron chi connectivity index (χ3n) is 2.89. The Morgan fingerprint density at radius 2 is 1.79 bits per heavy atom. The van der Waals surface area contributed by atoms with E-state index in [1.807, 2.05) is 0 Å². The molecule has 0 aliphatic carbocycles. The zero-order valence-electron chi connectivity index (χ0n) is 10.3. The molecule has 1 aliphatic heterocycles. The number of hydrogen-bond acceptors (Lipinski definition) is 4. The van der Waals surface area contributed by atoms with Gasteiger partial charge in [-0.15, -0.1) is 0 Å². The van der Waals surface area contributed by atoms with Crippen LogP contribution in [0.3, 0.4) is 0 Å². The molecule has 0 spiro atoms. The van der Waals surface area contributed by atoms with Gasteiger partial charge in [-0.25, -0.2) is 13.2 Å². The van der Waals surface area contributed by atoms with E-state index in [2.05, 4.69) is 0 Å². The molecule has 0 saturated carbocycles. The van der Waals surface area contributed by atoms with Crippen molar-refractivity contribution in [2.75, 3.05) is 19.7 Å². The lowest BCUT2D eigenvalue weighted by Crippen LogP contribution is -2.27. The second-order valence-corrected chi connectivity index (χ2v) is 6.20. The molecule has 1 aliphatic rings. The van der Waals surface area contributed by atoms with Crippen molar-refractivity contribution in [2.45, 2.75) is 17.7 Å². The van der Waals surface area contributed by atoms with Crippen LogP contribution in [0.15, 0.2) is 29.2 Å². The number of benzene rings is 1. The number of hydrogen-bond donors (Lipinski definition) is 1. The SMILES string of the molecule is O=C(O)COc1ccc(S(=O)(=O)N2CCCC2)cc1. The van der Waals surface area contributed by atoms with Gasteiger partial charge < -0.3 is 9.84 Å². The Morgan fingerprint density at radius 1 is 1.21 bits per heavy atom. The summed E-state index contributed by atoms with van der Waals surface area (Å²) < 4.78 is 30.8. The fourth-order valence-electron chi connectivity index (χ4n) is 1.93. The Bertz CT molecular complexity index is 546. The van der Waals surface area contributed by atoms with Gasteiger partial charge in [-0.3, -0.25) is 0 Å². The highest BCUT2D eigenvalue weighted by Crippen LogP contribution is 2.22. The summed E-state index contributed by atoms with van der Waals surface area (Å²) in [4.78, 5) is 10.6. The normalized spacial score (nSPS) is 16.4.